The van der Waals surface area contributed by atoms with Crippen LogP contribution in [0.4, 0.5) is 4.39 Å². The van der Waals surface area contributed by atoms with Crippen LogP contribution in [0.5, 0.6) is 0 Å². The zero-order valence-electron chi connectivity index (χ0n) is 13.8. The zero-order chi connectivity index (χ0) is 17.7. The van der Waals surface area contributed by atoms with Crippen LogP contribution in [0.2, 0.25) is 0 Å². The van der Waals surface area contributed by atoms with E-state index >= 15 is 0 Å². The smallest absolute Gasteiger partial charge is 0.252 e. The van der Waals surface area contributed by atoms with Crippen LogP contribution < -0.4 is 22.5 Å². The largest absolute Gasteiger partial charge is 0.380 e. The molecule has 0 aromatic rings. The summed E-state index contributed by atoms with van der Waals surface area (Å²) in [5.74, 6) is -0.772. The molecule has 0 aromatic heterocycles. The number of nitrogens with one attached hydrogen (secondary N) is 1. The average molecular weight is 348 g/mol. The van der Waals surface area contributed by atoms with Crippen molar-refractivity contribution >= 4 is 5.91 Å². The van der Waals surface area contributed by atoms with Gasteiger partial charge in [-0.15, -0.1) is 0 Å². The Hall–Kier alpha value is -0.840. The molecule has 7 atom stereocenters. The maximum atomic E-state index is 13.3. The van der Waals surface area contributed by atoms with Crippen LogP contribution in [0.25, 0.3) is 0 Å². The molecule has 2 rings (SSSR count). The van der Waals surface area contributed by atoms with Crippen LogP contribution in [0, 0.1) is 0 Å². The highest BCUT2D eigenvalue weighted by Crippen LogP contribution is 2.27. The summed E-state index contributed by atoms with van der Waals surface area (Å²) in [6, 6.07) is -0.425. The second-order valence-corrected chi connectivity index (χ2v) is 6.63. The maximum absolute atomic E-state index is 13.3. The average Bonchev–Trinajstić information content (AvgIpc) is 3.00. The third kappa shape index (κ3) is 5.33. The Kier molecular flexibility index (Phi) is 7.33. The molecule has 8 nitrogen and oxygen atoms in total. The molecule has 0 spiro atoms. The molecule has 1 saturated carbocycles. The predicted molar refractivity (Wildman–Crippen MR) is 85.5 cm³/mol. The lowest BCUT2D eigenvalue weighted by molar-refractivity contribution is -0.169. The third-order valence-electron chi connectivity index (χ3n) is 4.56. The molecule has 24 heavy (non-hydrogen) atoms. The van der Waals surface area contributed by atoms with E-state index in [9.17, 15) is 14.3 Å². The first-order valence-corrected chi connectivity index (χ1v) is 8.52. The summed E-state index contributed by atoms with van der Waals surface area (Å²) in [7, 11) is 0. The molecule has 2 fully saturated rings. The molecule has 0 bridgehead atoms. The molecule has 7 unspecified atom stereocenters. The van der Waals surface area contributed by atoms with Gasteiger partial charge in [0.15, 0.2) is 12.4 Å². The van der Waals surface area contributed by atoms with Crippen molar-refractivity contribution in [1.82, 2.24) is 5.32 Å². The predicted octanol–water partition coefficient (Wildman–Crippen LogP) is -1.51. The van der Waals surface area contributed by atoms with Crippen molar-refractivity contribution in [2.45, 2.75) is 75.0 Å². The van der Waals surface area contributed by atoms with E-state index in [0.717, 1.165) is 12.8 Å². The molecule has 1 saturated heterocycles. The van der Waals surface area contributed by atoms with Crippen molar-refractivity contribution in [3.8, 4) is 0 Å². The lowest BCUT2D eigenvalue weighted by atomic mass is 9.89. The first kappa shape index (κ1) is 19.5. The molecule has 140 valence electrons. The maximum Gasteiger partial charge on any atom is 0.252 e. The van der Waals surface area contributed by atoms with Crippen LogP contribution in [-0.4, -0.2) is 67.0 Å². The van der Waals surface area contributed by atoms with Gasteiger partial charge in [-0.3, -0.25) is 4.79 Å². The van der Waals surface area contributed by atoms with Gasteiger partial charge in [0.2, 0.25) is 0 Å². The number of hydrogen-bond donors (Lipinski definition) is 5. The van der Waals surface area contributed by atoms with Gasteiger partial charge in [-0.25, -0.2) is 4.39 Å². The molecular weight excluding hydrogens is 319 g/mol. The number of aliphatic hydroxyl groups excluding tert-OH is 1. The van der Waals surface area contributed by atoms with Gasteiger partial charge in [0, 0.05) is 31.6 Å². The van der Waals surface area contributed by atoms with E-state index in [2.05, 4.69) is 5.32 Å². The van der Waals surface area contributed by atoms with Crippen molar-refractivity contribution in [2.75, 3.05) is 13.1 Å². The Balaban J connectivity index is 1.83. The van der Waals surface area contributed by atoms with E-state index in [1.165, 1.54) is 0 Å². The van der Waals surface area contributed by atoms with E-state index in [1.807, 2.05) is 0 Å². The summed E-state index contributed by atoms with van der Waals surface area (Å²) in [6.07, 6.45) is -0.588. The van der Waals surface area contributed by atoms with Gasteiger partial charge in [-0.1, -0.05) is 0 Å². The second kappa shape index (κ2) is 9.02. The van der Waals surface area contributed by atoms with Crippen LogP contribution in [0.15, 0.2) is 0 Å². The quantitative estimate of drug-likeness (QED) is 0.376. The Morgan fingerprint density at radius 2 is 2.08 bits per heavy atom. The number of rotatable bonds is 7. The fraction of sp³-hybridized carbons (Fsp3) is 0.933. The van der Waals surface area contributed by atoms with Crippen molar-refractivity contribution in [3.05, 3.63) is 0 Å². The summed E-state index contributed by atoms with van der Waals surface area (Å²) >= 11 is 0. The van der Waals surface area contributed by atoms with Gasteiger partial charge >= 0.3 is 0 Å². The minimum atomic E-state index is -1.78. The van der Waals surface area contributed by atoms with Crippen LogP contribution in [0.3, 0.4) is 0 Å². The van der Waals surface area contributed by atoms with Gasteiger partial charge in [0.25, 0.3) is 5.91 Å². The molecule has 1 aliphatic carbocycles. The van der Waals surface area contributed by atoms with Crippen LogP contribution in [0.1, 0.15) is 32.1 Å². The lowest BCUT2D eigenvalue weighted by Gasteiger charge is -2.35. The van der Waals surface area contributed by atoms with Crippen LogP contribution in [-0.2, 0) is 14.3 Å². The van der Waals surface area contributed by atoms with Gasteiger partial charge in [-0.2, -0.15) is 0 Å². The summed E-state index contributed by atoms with van der Waals surface area (Å²) in [5, 5.41) is 12.2. The first-order chi connectivity index (χ1) is 11.4. The molecule has 0 aromatic carbocycles. The van der Waals surface area contributed by atoms with E-state index in [0.29, 0.717) is 25.8 Å². The number of hydrogen-bond acceptors (Lipinski definition) is 7. The van der Waals surface area contributed by atoms with E-state index in [1.54, 1.807) is 0 Å². The van der Waals surface area contributed by atoms with Crippen molar-refractivity contribution in [1.29, 1.82) is 0 Å². The number of aliphatic hydroxyl groups is 1. The van der Waals surface area contributed by atoms with E-state index in [4.69, 9.17) is 26.7 Å². The number of ether oxygens (including phenoxy) is 2. The fourth-order valence-corrected chi connectivity index (χ4v) is 3.28. The highest BCUT2D eigenvalue weighted by atomic mass is 19.1. The molecule has 2 aliphatic rings. The Labute approximate surface area is 141 Å². The van der Waals surface area contributed by atoms with E-state index in [-0.39, 0.29) is 30.6 Å². The summed E-state index contributed by atoms with van der Waals surface area (Å²) in [6.45, 7) is 0.0536. The minimum Gasteiger partial charge on any atom is -0.380 e. The first-order valence-electron chi connectivity index (χ1n) is 8.52. The topological polar surface area (TPSA) is 146 Å². The van der Waals surface area contributed by atoms with Crippen molar-refractivity contribution < 1.29 is 23.8 Å². The van der Waals surface area contributed by atoms with Crippen molar-refractivity contribution in [2.24, 2.45) is 17.2 Å². The summed E-state index contributed by atoms with van der Waals surface area (Å²) in [4.78, 5) is 11.9. The number of amides is 1. The number of carbonyl (C=O) groups excluding carboxylic acids is 1. The standard InChI is InChI=1S/C15H29FN4O4/c16-12(7-18)14(21)15(22)20-9-3-8(19)4-11(5-9)24-13-2-1-10(6-17)23-13/h8-14,21H,1-7,17-19H2,(H,20,22). The normalized spacial score (nSPS) is 36.3. The summed E-state index contributed by atoms with van der Waals surface area (Å²) in [5.41, 5.74) is 16.7. The fourth-order valence-electron chi connectivity index (χ4n) is 3.28. The number of alkyl halides is 1. The highest BCUT2D eigenvalue weighted by molar-refractivity contribution is 5.81. The second-order valence-electron chi connectivity index (χ2n) is 6.63. The van der Waals surface area contributed by atoms with E-state index < -0.39 is 24.7 Å². The molecule has 1 aliphatic heterocycles. The molecule has 0 radical (unpaired) electrons. The SMILES string of the molecule is NCC1CCC(OC2CC(N)CC(NC(=O)C(O)C(F)CN)C2)O1. The third-order valence-corrected chi connectivity index (χ3v) is 4.56. The zero-order valence-corrected chi connectivity index (χ0v) is 13.8. The molecule has 9 heteroatoms. The van der Waals surface area contributed by atoms with Crippen LogP contribution >= 0.6 is 0 Å². The van der Waals surface area contributed by atoms with Gasteiger partial charge < -0.3 is 37.1 Å². The van der Waals surface area contributed by atoms with Gasteiger partial charge in [0.05, 0.1) is 12.2 Å². The molecule has 1 amide bonds. The summed E-state index contributed by atoms with van der Waals surface area (Å²) < 4.78 is 24.9. The molecular formula is C15H29FN4O4. The van der Waals surface area contributed by atoms with Gasteiger partial charge in [-0.05, 0) is 25.7 Å². The highest BCUT2D eigenvalue weighted by Gasteiger charge is 2.34. The Morgan fingerprint density at radius 1 is 1.33 bits per heavy atom. The number of halogens is 1. The van der Waals surface area contributed by atoms with Gasteiger partial charge in [0.1, 0.15) is 6.17 Å². The van der Waals surface area contributed by atoms with Crippen molar-refractivity contribution in [3.63, 3.8) is 0 Å². The number of nitrogens with two attached hydrogens (primary N) is 3. The number of carbonyl (C=O) groups is 1. The lowest BCUT2D eigenvalue weighted by Crippen LogP contribution is -2.52. The monoisotopic (exact) mass is 348 g/mol. The molecule has 1 heterocycles. The Bertz CT molecular complexity index is 417. The minimum absolute atomic E-state index is 0.0238. The molecule has 8 N–H and O–H groups in total. The Morgan fingerprint density at radius 3 is 2.71 bits per heavy atom.